The zero-order valence-corrected chi connectivity index (χ0v) is 21.8. The molecule has 32 heavy (non-hydrogen) atoms. The van der Waals surface area contributed by atoms with Gasteiger partial charge in [0.15, 0.2) is 0 Å². The van der Waals surface area contributed by atoms with Gasteiger partial charge in [-0.25, -0.2) is 4.21 Å². The lowest BCUT2D eigenvalue weighted by molar-refractivity contribution is -0.154. The molecule has 1 unspecified atom stereocenters. The summed E-state index contributed by atoms with van der Waals surface area (Å²) in [5.74, 6) is 0.576. The van der Waals surface area contributed by atoms with Crippen molar-refractivity contribution in [3.05, 3.63) is 24.6 Å². The van der Waals surface area contributed by atoms with Crippen LogP contribution in [0.2, 0.25) is 0 Å². The first kappa shape index (κ1) is 30.7. The molecule has 6 heteroatoms. The van der Waals surface area contributed by atoms with E-state index in [0.29, 0.717) is 25.0 Å². The molecule has 0 aromatic heterocycles. The molecule has 5 nitrogen and oxygen atoms in total. The van der Waals surface area contributed by atoms with Crippen molar-refractivity contribution in [1.82, 2.24) is 4.72 Å². The van der Waals surface area contributed by atoms with Crippen molar-refractivity contribution in [3.63, 3.8) is 0 Å². The molecular weight excluding hydrogens is 422 g/mol. The summed E-state index contributed by atoms with van der Waals surface area (Å²) in [5, 5.41) is 9.03. The lowest BCUT2D eigenvalue weighted by Gasteiger charge is -2.19. The lowest BCUT2D eigenvalue weighted by Crippen LogP contribution is -2.23. The highest BCUT2D eigenvalue weighted by atomic mass is 32.2. The van der Waals surface area contributed by atoms with Crippen LogP contribution < -0.4 is 4.72 Å². The van der Waals surface area contributed by atoms with E-state index in [1.807, 2.05) is 20.8 Å². The van der Waals surface area contributed by atoms with E-state index in [1.54, 1.807) is 0 Å². The summed E-state index contributed by atoms with van der Waals surface area (Å²) < 4.78 is 20.1. The van der Waals surface area contributed by atoms with Crippen molar-refractivity contribution in [1.29, 1.82) is 0 Å². The summed E-state index contributed by atoms with van der Waals surface area (Å²) >= 11 is 0. The van der Waals surface area contributed by atoms with Gasteiger partial charge in [-0.05, 0) is 46.5 Å². The number of unbranched alkanes of at least 4 members (excludes halogenated alkanes) is 11. The minimum atomic E-state index is -1.11. The minimum Gasteiger partial charge on any atom is -0.513 e. The molecule has 0 aliphatic rings. The van der Waals surface area contributed by atoms with Gasteiger partial charge in [-0.3, -0.25) is 4.79 Å². The number of esters is 1. The van der Waals surface area contributed by atoms with Crippen molar-refractivity contribution in [2.45, 2.75) is 129 Å². The fourth-order valence-electron chi connectivity index (χ4n) is 3.44. The smallest absolute Gasteiger partial charge is 0.306 e. The Morgan fingerprint density at radius 3 is 1.66 bits per heavy atom. The molecule has 0 spiro atoms. The summed E-state index contributed by atoms with van der Waals surface area (Å²) in [6.07, 6.45) is 17.1. The highest BCUT2D eigenvalue weighted by Gasteiger charge is 2.15. The first-order chi connectivity index (χ1) is 15.1. The van der Waals surface area contributed by atoms with Crippen LogP contribution in [0, 0.1) is 0 Å². The Kier molecular flexibility index (Phi) is 18.4. The molecule has 2 N–H and O–H groups in total. The van der Waals surface area contributed by atoms with E-state index >= 15 is 0 Å². The lowest BCUT2D eigenvalue weighted by atomic mass is 10.0. The third-order valence-electron chi connectivity index (χ3n) is 5.08. The number of hydrogen-bond donors (Lipinski definition) is 2. The van der Waals surface area contributed by atoms with Crippen molar-refractivity contribution in [2.24, 2.45) is 0 Å². The summed E-state index contributed by atoms with van der Waals surface area (Å²) in [7, 11) is -1.11. The maximum Gasteiger partial charge on any atom is 0.306 e. The van der Waals surface area contributed by atoms with E-state index in [1.165, 1.54) is 57.8 Å². The highest BCUT2D eigenvalue weighted by molar-refractivity contribution is 7.83. The molecule has 0 fully saturated rings. The van der Waals surface area contributed by atoms with Crippen LogP contribution in [0.5, 0.6) is 0 Å². The topological polar surface area (TPSA) is 75.6 Å². The monoisotopic (exact) mass is 471 g/mol. The third kappa shape index (κ3) is 23.4. The molecule has 0 aliphatic heterocycles. The summed E-state index contributed by atoms with van der Waals surface area (Å²) in [4.78, 5) is 11.6. The summed E-state index contributed by atoms with van der Waals surface area (Å²) in [6, 6.07) is 0. The zero-order valence-electron chi connectivity index (χ0n) is 21.0. The van der Waals surface area contributed by atoms with Gasteiger partial charge in [0.1, 0.15) is 16.6 Å². The number of ether oxygens (including phenoxy) is 1. The number of aliphatic hydroxyl groups is 1. The van der Waals surface area contributed by atoms with Crippen LogP contribution in [0.15, 0.2) is 24.6 Å². The normalized spacial score (nSPS) is 12.3. The average molecular weight is 472 g/mol. The molecular formula is C26H49NO4S. The van der Waals surface area contributed by atoms with Crippen LogP contribution in [-0.4, -0.2) is 26.6 Å². The fourth-order valence-corrected chi connectivity index (χ4v) is 4.37. The number of rotatable bonds is 21. The second-order valence-electron chi connectivity index (χ2n) is 9.75. The molecule has 188 valence electrons. The van der Waals surface area contributed by atoms with Crippen LogP contribution in [0.25, 0.3) is 0 Å². The van der Waals surface area contributed by atoms with E-state index in [-0.39, 0.29) is 17.3 Å². The highest BCUT2D eigenvalue weighted by Crippen LogP contribution is 2.15. The molecule has 0 bridgehead atoms. The maximum atomic E-state index is 11.9. The number of allylic oxidation sites excluding steroid dienone is 2. The van der Waals surface area contributed by atoms with Crippen molar-refractivity contribution >= 4 is 17.0 Å². The van der Waals surface area contributed by atoms with E-state index in [4.69, 9.17) is 9.84 Å². The van der Waals surface area contributed by atoms with E-state index in [0.717, 1.165) is 31.4 Å². The largest absolute Gasteiger partial charge is 0.513 e. The number of carbonyl (C=O) groups is 1. The predicted molar refractivity (Wildman–Crippen MR) is 137 cm³/mol. The van der Waals surface area contributed by atoms with Gasteiger partial charge in [-0.2, -0.15) is 0 Å². The molecule has 0 aliphatic carbocycles. The number of hydrogen-bond acceptors (Lipinski definition) is 4. The van der Waals surface area contributed by atoms with Gasteiger partial charge in [-0.15, -0.1) is 0 Å². The van der Waals surface area contributed by atoms with Crippen LogP contribution >= 0.6 is 0 Å². The molecule has 0 amide bonds. The van der Waals surface area contributed by atoms with Crippen molar-refractivity contribution in [3.8, 4) is 0 Å². The Hall–Kier alpha value is -1.30. The zero-order chi connectivity index (χ0) is 24.2. The Morgan fingerprint density at radius 2 is 1.22 bits per heavy atom. The summed E-state index contributed by atoms with van der Waals surface area (Å²) in [5.41, 5.74) is 0.472. The molecule has 0 radical (unpaired) electrons. The second-order valence-corrected chi connectivity index (χ2v) is 11.1. The van der Waals surface area contributed by atoms with E-state index in [2.05, 4.69) is 17.9 Å². The predicted octanol–water partition coefficient (Wildman–Crippen LogP) is 7.41. The van der Waals surface area contributed by atoms with Gasteiger partial charge in [0.05, 0.1) is 5.76 Å². The van der Waals surface area contributed by atoms with E-state index < -0.39 is 11.0 Å². The molecule has 1 atom stereocenters. The van der Waals surface area contributed by atoms with Gasteiger partial charge in [0.2, 0.25) is 0 Å². The van der Waals surface area contributed by atoms with Crippen LogP contribution in [0.1, 0.15) is 124 Å². The van der Waals surface area contributed by atoms with Gasteiger partial charge in [0, 0.05) is 24.3 Å². The average Bonchev–Trinajstić information content (AvgIpc) is 2.66. The fraction of sp³-hybridized carbons (Fsp3) is 0.808. The minimum absolute atomic E-state index is 0.0748. The summed E-state index contributed by atoms with van der Waals surface area (Å²) in [6.45, 7) is 13.1. The van der Waals surface area contributed by atoms with Crippen LogP contribution in [0.3, 0.4) is 0 Å². The second kappa shape index (κ2) is 19.2. The van der Waals surface area contributed by atoms with Crippen molar-refractivity contribution < 1.29 is 18.8 Å². The molecule has 0 saturated carbocycles. The van der Waals surface area contributed by atoms with Gasteiger partial charge in [0.25, 0.3) is 0 Å². The third-order valence-corrected chi connectivity index (χ3v) is 6.26. The Labute approximate surface area is 200 Å². The van der Waals surface area contributed by atoms with Crippen LogP contribution in [0.4, 0.5) is 0 Å². The first-order valence-electron chi connectivity index (χ1n) is 12.5. The number of aliphatic hydroxyl groups excluding tert-OH is 1. The first-order valence-corrected chi connectivity index (χ1v) is 13.8. The Bertz CT molecular complexity index is 555. The molecule has 0 heterocycles. The Morgan fingerprint density at radius 1 is 0.781 bits per heavy atom. The number of nitrogens with one attached hydrogen (secondary N) is 1. The Balaban J connectivity index is 3.35. The SMILES string of the molecule is C=C(O)CCCS(=O)NC(=C)CCCCCCCCCCCCCCC(=O)OC(C)(C)C. The molecule has 0 saturated heterocycles. The molecule has 0 aromatic carbocycles. The van der Waals surface area contributed by atoms with E-state index in [9.17, 15) is 9.00 Å². The van der Waals surface area contributed by atoms with Crippen molar-refractivity contribution in [2.75, 3.05) is 5.75 Å². The number of carbonyl (C=O) groups excluding carboxylic acids is 1. The molecule has 0 rings (SSSR count). The van der Waals surface area contributed by atoms with Gasteiger partial charge < -0.3 is 14.6 Å². The quantitative estimate of drug-likeness (QED) is 0.104. The standard InChI is InChI=1S/C26H49NO4S/c1-23(27-32(30)22-18-20-24(2)28)19-16-14-12-10-8-6-7-9-11-13-15-17-21-25(29)31-26(3,4)5/h27-28H,1-2,6-22H2,3-5H3. The molecule has 0 aromatic rings. The van der Waals surface area contributed by atoms with Gasteiger partial charge in [-0.1, -0.05) is 77.4 Å². The van der Waals surface area contributed by atoms with Crippen LogP contribution in [-0.2, 0) is 20.5 Å². The maximum absolute atomic E-state index is 11.9. The van der Waals surface area contributed by atoms with Gasteiger partial charge >= 0.3 is 5.97 Å².